The highest BCUT2D eigenvalue weighted by Gasteiger charge is 2.65. The summed E-state index contributed by atoms with van der Waals surface area (Å²) in [5.41, 5.74) is 0.294. The van der Waals surface area contributed by atoms with Gasteiger partial charge in [0.05, 0.1) is 5.69 Å². The fourth-order valence-corrected chi connectivity index (χ4v) is 2.93. The van der Waals surface area contributed by atoms with E-state index in [1.807, 2.05) is 0 Å². The van der Waals surface area contributed by atoms with Gasteiger partial charge < -0.3 is 14.4 Å². The molecule has 6 nitrogen and oxygen atoms in total. The van der Waals surface area contributed by atoms with E-state index in [1.54, 1.807) is 13.1 Å². The minimum Gasteiger partial charge on any atom is -0.421 e. The number of aromatic nitrogens is 1. The Balaban J connectivity index is 2.08. The van der Waals surface area contributed by atoms with Gasteiger partial charge in [0, 0.05) is 31.2 Å². The Morgan fingerprint density at radius 2 is 1.77 bits per heavy atom. The number of aryl methyl sites for hydroxylation is 1. The third-order valence-corrected chi connectivity index (χ3v) is 4.26. The number of thiazole rings is 1. The molecule has 0 radical (unpaired) electrons. The number of hydrogen-bond acceptors (Lipinski definition) is 4. The van der Waals surface area contributed by atoms with E-state index in [2.05, 4.69) is 14.5 Å². The van der Waals surface area contributed by atoms with Crippen LogP contribution in [0.1, 0.15) is 4.88 Å². The third-order valence-electron chi connectivity index (χ3n) is 3.36. The molecule has 1 aromatic heterocycles. The second-order valence-electron chi connectivity index (χ2n) is 5.65. The van der Waals surface area contributed by atoms with Gasteiger partial charge in [-0.1, -0.05) is 0 Å². The van der Waals surface area contributed by atoms with Crippen LogP contribution in [-0.2, 0) is 0 Å². The lowest BCUT2D eigenvalue weighted by Crippen LogP contribution is -2.52. The fourth-order valence-electron chi connectivity index (χ4n) is 2.11. The number of amides is 2. The van der Waals surface area contributed by atoms with Gasteiger partial charge >= 0.3 is 18.2 Å². The normalized spacial score (nSPS) is 17.9. The molecule has 0 spiro atoms. The highest BCUT2D eigenvalue weighted by Crippen LogP contribution is 2.47. The molecule has 0 N–H and O–H groups in total. The maximum atomic E-state index is 13.4. The molecule has 2 heterocycles. The Hall–Kier alpha value is -2.56. The Labute approximate surface area is 148 Å². The van der Waals surface area contributed by atoms with Crippen LogP contribution in [0.5, 0.6) is 11.5 Å². The molecule has 1 aliphatic heterocycles. The molecule has 0 unspecified atom stereocenters. The number of urea groups is 1. The monoisotopic (exact) mass is 391 g/mol. The molecular formula is C15H13F4N3O3S. The summed E-state index contributed by atoms with van der Waals surface area (Å²) in [7, 11) is 3.06. The van der Waals surface area contributed by atoms with E-state index in [1.165, 1.54) is 41.0 Å². The molecule has 1 aromatic carbocycles. The second-order valence-corrected chi connectivity index (χ2v) is 6.87. The Morgan fingerprint density at radius 1 is 1.15 bits per heavy atom. The Bertz CT molecular complexity index is 936. The minimum atomic E-state index is -4.80. The van der Waals surface area contributed by atoms with E-state index in [4.69, 9.17) is 0 Å². The number of alkyl halides is 4. The van der Waals surface area contributed by atoms with Gasteiger partial charge in [0.2, 0.25) is 0 Å². The zero-order valence-electron chi connectivity index (χ0n) is 13.8. The number of halogens is 4. The number of hydrogen-bond donors (Lipinski definition) is 0. The lowest BCUT2D eigenvalue weighted by atomic mass is 10.2. The van der Waals surface area contributed by atoms with Crippen LogP contribution >= 0.6 is 11.3 Å². The van der Waals surface area contributed by atoms with E-state index < -0.39 is 29.7 Å². The highest BCUT2D eigenvalue weighted by molar-refractivity contribution is 7.09. The SMILES string of the molecule is Cc1cn(-c2ccc3c(c2)OC(F)(F)C(F)(F)O3)c(=NC(=O)N(C)C)s1. The van der Waals surface area contributed by atoms with E-state index in [9.17, 15) is 22.4 Å². The summed E-state index contributed by atoms with van der Waals surface area (Å²) in [6, 6.07) is 3.06. The summed E-state index contributed by atoms with van der Waals surface area (Å²) in [6.07, 6.45) is -7.95. The van der Waals surface area contributed by atoms with Crippen LogP contribution in [0.2, 0.25) is 0 Å². The maximum absolute atomic E-state index is 13.4. The molecule has 2 aromatic rings. The van der Waals surface area contributed by atoms with Gasteiger partial charge in [-0.2, -0.15) is 22.6 Å². The Kier molecular flexibility index (Phi) is 4.21. The van der Waals surface area contributed by atoms with Gasteiger partial charge in [0.1, 0.15) is 0 Å². The largest absolute Gasteiger partial charge is 0.507 e. The van der Waals surface area contributed by atoms with Gasteiger partial charge in [-0.25, -0.2) is 4.79 Å². The summed E-state index contributed by atoms with van der Waals surface area (Å²) < 4.78 is 62.8. The van der Waals surface area contributed by atoms with Crippen molar-refractivity contribution in [3.8, 4) is 17.2 Å². The van der Waals surface area contributed by atoms with Crippen molar-refractivity contribution in [2.45, 2.75) is 19.1 Å². The summed E-state index contributed by atoms with van der Waals surface area (Å²) in [5.74, 6) is -1.06. The zero-order valence-corrected chi connectivity index (χ0v) is 14.6. The number of fused-ring (bicyclic) bond motifs is 1. The minimum absolute atomic E-state index is 0.287. The predicted octanol–water partition coefficient (Wildman–Crippen LogP) is 3.39. The van der Waals surface area contributed by atoms with Crippen LogP contribution in [0.4, 0.5) is 22.4 Å². The molecule has 0 saturated carbocycles. The number of benzene rings is 1. The summed E-state index contributed by atoms with van der Waals surface area (Å²) in [4.78, 5) is 18.1. The van der Waals surface area contributed by atoms with Crippen molar-refractivity contribution < 1.29 is 31.8 Å². The van der Waals surface area contributed by atoms with Crippen LogP contribution in [0.25, 0.3) is 5.69 Å². The highest BCUT2D eigenvalue weighted by atomic mass is 32.1. The fraction of sp³-hybridized carbons (Fsp3) is 0.333. The number of nitrogens with zero attached hydrogens (tertiary/aromatic N) is 3. The van der Waals surface area contributed by atoms with Crippen LogP contribution in [0, 0.1) is 6.92 Å². The number of ether oxygens (including phenoxy) is 2. The van der Waals surface area contributed by atoms with Crippen molar-refractivity contribution in [2.24, 2.45) is 4.99 Å². The number of carbonyl (C=O) groups is 1. The van der Waals surface area contributed by atoms with Gasteiger partial charge in [0.25, 0.3) is 0 Å². The molecule has 11 heteroatoms. The number of carbonyl (C=O) groups excluding carboxylic acids is 1. The average Bonchev–Trinajstić information content (AvgIpc) is 2.87. The van der Waals surface area contributed by atoms with Crippen LogP contribution in [0.15, 0.2) is 29.4 Å². The summed E-state index contributed by atoms with van der Waals surface area (Å²) >= 11 is 1.20. The lowest BCUT2D eigenvalue weighted by Gasteiger charge is -2.31. The topological polar surface area (TPSA) is 56.1 Å². The molecular weight excluding hydrogens is 378 g/mol. The molecule has 0 atom stereocenters. The van der Waals surface area contributed by atoms with Crippen LogP contribution in [0.3, 0.4) is 0 Å². The van der Waals surface area contributed by atoms with E-state index in [0.717, 1.165) is 17.0 Å². The lowest BCUT2D eigenvalue weighted by molar-refractivity contribution is -0.391. The van der Waals surface area contributed by atoms with Gasteiger partial charge in [-0.05, 0) is 19.1 Å². The van der Waals surface area contributed by atoms with Gasteiger partial charge in [-0.15, -0.1) is 11.3 Å². The molecule has 26 heavy (non-hydrogen) atoms. The molecule has 1 aliphatic rings. The first-order valence-electron chi connectivity index (χ1n) is 7.23. The maximum Gasteiger partial charge on any atom is 0.507 e. The van der Waals surface area contributed by atoms with Crippen molar-refractivity contribution in [3.63, 3.8) is 0 Å². The van der Waals surface area contributed by atoms with Gasteiger partial charge in [-0.3, -0.25) is 4.57 Å². The van der Waals surface area contributed by atoms with Crippen molar-refractivity contribution >= 4 is 17.4 Å². The molecule has 0 aliphatic carbocycles. The van der Waals surface area contributed by atoms with Crippen molar-refractivity contribution in [2.75, 3.05) is 14.1 Å². The van der Waals surface area contributed by atoms with E-state index in [0.29, 0.717) is 5.69 Å². The zero-order chi connectivity index (χ0) is 19.3. The average molecular weight is 391 g/mol. The third kappa shape index (κ3) is 3.14. The quantitative estimate of drug-likeness (QED) is 0.701. The van der Waals surface area contributed by atoms with Gasteiger partial charge in [0.15, 0.2) is 16.3 Å². The molecule has 0 bridgehead atoms. The van der Waals surface area contributed by atoms with E-state index >= 15 is 0 Å². The summed E-state index contributed by atoms with van der Waals surface area (Å²) in [6.45, 7) is 1.77. The summed E-state index contributed by atoms with van der Waals surface area (Å²) in [5, 5.41) is 0. The Morgan fingerprint density at radius 3 is 2.38 bits per heavy atom. The molecule has 0 fully saturated rings. The molecule has 2 amide bonds. The smallest absolute Gasteiger partial charge is 0.421 e. The van der Waals surface area contributed by atoms with Crippen molar-refractivity contribution in [1.82, 2.24) is 9.47 Å². The second kappa shape index (κ2) is 6.01. The van der Waals surface area contributed by atoms with Crippen molar-refractivity contribution in [3.05, 3.63) is 34.1 Å². The molecule has 140 valence electrons. The predicted molar refractivity (Wildman–Crippen MR) is 84.2 cm³/mol. The molecule has 3 rings (SSSR count). The van der Waals surface area contributed by atoms with Crippen LogP contribution in [-0.4, -0.2) is 41.8 Å². The first-order valence-corrected chi connectivity index (χ1v) is 8.05. The molecule has 0 saturated heterocycles. The van der Waals surface area contributed by atoms with E-state index in [-0.39, 0.29) is 4.80 Å². The van der Waals surface area contributed by atoms with Crippen molar-refractivity contribution in [1.29, 1.82) is 0 Å². The van der Waals surface area contributed by atoms with Crippen LogP contribution < -0.4 is 14.3 Å². The first kappa shape index (κ1) is 18.2. The number of rotatable bonds is 1. The standard InChI is InChI=1S/C15H13F4N3O3S/c1-8-7-22(13(26-8)20-12(23)21(2)3)9-4-5-10-11(6-9)25-15(18,19)14(16,17)24-10/h4-7H,1-3H3. The first-order chi connectivity index (χ1) is 12.0.